The molecule has 3 atom stereocenters. The first kappa shape index (κ1) is 17.8. The van der Waals surface area contributed by atoms with E-state index in [1.807, 2.05) is 13.8 Å². The van der Waals surface area contributed by atoms with Crippen LogP contribution in [-0.4, -0.2) is 40.4 Å². The van der Waals surface area contributed by atoms with Gasteiger partial charge in [-0.1, -0.05) is 23.7 Å². The average molecular weight is 339 g/mol. The zero-order valence-electron chi connectivity index (χ0n) is 13.6. The molecule has 1 aromatic carbocycles. The number of likely N-dealkylation sites (tertiary alicyclic amines) is 1. The lowest BCUT2D eigenvalue weighted by atomic mass is 10.0. The van der Waals surface area contributed by atoms with Crippen molar-refractivity contribution in [2.75, 3.05) is 6.54 Å². The van der Waals surface area contributed by atoms with Crippen LogP contribution in [-0.2, 0) is 9.59 Å². The molecule has 1 aliphatic rings. The summed E-state index contributed by atoms with van der Waals surface area (Å²) in [4.78, 5) is 25.9. The molecule has 126 valence electrons. The van der Waals surface area contributed by atoms with Gasteiger partial charge in [0, 0.05) is 24.0 Å². The monoisotopic (exact) mass is 338 g/mol. The number of nitrogens with zero attached hydrogens (tertiary/aromatic N) is 1. The minimum atomic E-state index is -0.825. The third-order valence-corrected chi connectivity index (χ3v) is 4.46. The van der Waals surface area contributed by atoms with Gasteiger partial charge in [0.1, 0.15) is 0 Å². The molecule has 1 aliphatic heterocycles. The van der Waals surface area contributed by atoms with Crippen LogP contribution < -0.4 is 5.32 Å². The Morgan fingerprint density at radius 1 is 1.30 bits per heavy atom. The maximum atomic E-state index is 12.3. The van der Waals surface area contributed by atoms with Gasteiger partial charge in [0.05, 0.1) is 18.1 Å². The summed E-state index contributed by atoms with van der Waals surface area (Å²) in [6.45, 7) is 6.05. The molecule has 5 nitrogen and oxygen atoms in total. The van der Waals surface area contributed by atoms with Crippen molar-refractivity contribution in [3.05, 3.63) is 34.9 Å². The van der Waals surface area contributed by atoms with E-state index in [9.17, 15) is 14.7 Å². The van der Waals surface area contributed by atoms with Crippen molar-refractivity contribution < 1.29 is 14.7 Å². The molecule has 0 aromatic heterocycles. The van der Waals surface area contributed by atoms with Crippen LogP contribution in [0, 0.1) is 5.92 Å². The number of carbonyl (C=O) groups is 2. The maximum Gasteiger partial charge on any atom is 0.225 e. The summed E-state index contributed by atoms with van der Waals surface area (Å²) in [5.74, 6) is -0.544. The second-order valence-electron chi connectivity index (χ2n) is 6.33. The number of hydrogen-bond acceptors (Lipinski definition) is 3. The highest BCUT2D eigenvalue weighted by molar-refractivity contribution is 6.30. The van der Waals surface area contributed by atoms with Gasteiger partial charge in [-0.2, -0.15) is 0 Å². The highest BCUT2D eigenvalue weighted by atomic mass is 35.5. The Morgan fingerprint density at radius 2 is 1.91 bits per heavy atom. The zero-order chi connectivity index (χ0) is 17.1. The van der Waals surface area contributed by atoms with Crippen molar-refractivity contribution in [1.29, 1.82) is 0 Å². The summed E-state index contributed by atoms with van der Waals surface area (Å²) in [6, 6.07) is 6.50. The van der Waals surface area contributed by atoms with Crippen molar-refractivity contribution in [2.24, 2.45) is 5.92 Å². The third-order valence-electron chi connectivity index (χ3n) is 4.21. The van der Waals surface area contributed by atoms with Crippen LogP contribution in [0.2, 0.25) is 5.02 Å². The van der Waals surface area contributed by atoms with E-state index in [4.69, 9.17) is 11.6 Å². The first-order valence-corrected chi connectivity index (χ1v) is 8.20. The lowest BCUT2D eigenvalue weighted by Crippen LogP contribution is -2.41. The second kappa shape index (κ2) is 7.32. The third kappa shape index (κ3) is 4.24. The minimum Gasteiger partial charge on any atom is -0.386 e. The van der Waals surface area contributed by atoms with Crippen LogP contribution in [0.5, 0.6) is 0 Å². The summed E-state index contributed by atoms with van der Waals surface area (Å²) < 4.78 is 0. The number of halogens is 1. The van der Waals surface area contributed by atoms with E-state index >= 15 is 0 Å². The second-order valence-corrected chi connectivity index (χ2v) is 6.77. The first-order valence-electron chi connectivity index (χ1n) is 7.83. The molecular weight excluding hydrogens is 316 g/mol. The molecule has 1 heterocycles. The van der Waals surface area contributed by atoms with E-state index in [-0.39, 0.29) is 30.2 Å². The molecule has 0 spiro atoms. The van der Waals surface area contributed by atoms with Crippen LogP contribution in [0.4, 0.5) is 0 Å². The van der Waals surface area contributed by atoms with Gasteiger partial charge in [0.25, 0.3) is 0 Å². The molecule has 1 saturated heterocycles. The Balaban J connectivity index is 1.94. The fraction of sp³-hybridized carbons (Fsp3) is 0.529. The molecule has 2 amide bonds. The molecule has 6 heteroatoms. The van der Waals surface area contributed by atoms with E-state index < -0.39 is 12.1 Å². The fourth-order valence-corrected chi connectivity index (χ4v) is 2.90. The summed E-state index contributed by atoms with van der Waals surface area (Å²) in [7, 11) is 0. The topological polar surface area (TPSA) is 69.6 Å². The standard InChI is InChI=1S/C17H23ClN2O3/c1-10(2)20-9-13(8-15(20)21)17(23)19-11(3)16(22)12-4-6-14(18)7-5-12/h4-7,10-11,13,16,22H,8-9H2,1-3H3,(H,19,23). The number of amides is 2. The van der Waals surface area contributed by atoms with Gasteiger partial charge < -0.3 is 15.3 Å². The lowest BCUT2D eigenvalue weighted by molar-refractivity contribution is -0.130. The summed E-state index contributed by atoms with van der Waals surface area (Å²) in [6.07, 6.45) is -0.595. The van der Waals surface area contributed by atoms with E-state index in [1.54, 1.807) is 36.1 Å². The predicted octanol–water partition coefficient (Wildman–Crippen LogP) is 2.13. The van der Waals surface area contributed by atoms with Gasteiger partial charge in [-0.05, 0) is 38.5 Å². The number of nitrogens with one attached hydrogen (secondary N) is 1. The molecular formula is C17H23ClN2O3. The molecule has 1 aromatic rings. The molecule has 0 aliphatic carbocycles. The number of hydrogen-bond donors (Lipinski definition) is 2. The zero-order valence-corrected chi connectivity index (χ0v) is 14.4. The summed E-state index contributed by atoms with van der Waals surface area (Å²) in [5.41, 5.74) is 0.688. The maximum absolute atomic E-state index is 12.3. The van der Waals surface area contributed by atoms with Gasteiger partial charge in [0.15, 0.2) is 0 Å². The van der Waals surface area contributed by atoms with Crippen molar-refractivity contribution in [3.8, 4) is 0 Å². The highest BCUT2D eigenvalue weighted by Crippen LogP contribution is 2.22. The first-order chi connectivity index (χ1) is 10.8. The Bertz CT molecular complexity index is 574. The van der Waals surface area contributed by atoms with Gasteiger partial charge in [0.2, 0.25) is 11.8 Å². The van der Waals surface area contributed by atoms with E-state index in [0.717, 1.165) is 0 Å². The highest BCUT2D eigenvalue weighted by Gasteiger charge is 2.36. The largest absolute Gasteiger partial charge is 0.386 e. The van der Waals surface area contributed by atoms with Crippen LogP contribution in [0.3, 0.4) is 0 Å². The van der Waals surface area contributed by atoms with Gasteiger partial charge in [-0.25, -0.2) is 0 Å². The Kier molecular flexibility index (Phi) is 5.65. The molecule has 2 rings (SSSR count). The van der Waals surface area contributed by atoms with Crippen molar-refractivity contribution >= 4 is 23.4 Å². The fourth-order valence-electron chi connectivity index (χ4n) is 2.78. The van der Waals surface area contributed by atoms with Crippen molar-refractivity contribution in [1.82, 2.24) is 10.2 Å². The SMILES string of the molecule is CC(NC(=O)C1CC(=O)N(C(C)C)C1)C(O)c1ccc(Cl)cc1. The lowest BCUT2D eigenvalue weighted by Gasteiger charge is -2.23. The van der Waals surface area contributed by atoms with E-state index in [2.05, 4.69) is 5.32 Å². The average Bonchev–Trinajstić information content (AvgIpc) is 2.89. The van der Waals surface area contributed by atoms with E-state index in [1.165, 1.54) is 0 Å². The molecule has 2 N–H and O–H groups in total. The van der Waals surface area contributed by atoms with Gasteiger partial charge in [-0.15, -0.1) is 0 Å². The molecule has 1 fully saturated rings. The van der Waals surface area contributed by atoms with Gasteiger partial charge in [-0.3, -0.25) is 9.59 Å². The number of aliphatic hydroxyl groups excluding tert-OH is 1. The Hall–Kier alpha value is -1.59. The molecule has 0 bridgehead atoms. The van der Waals surface area contributed by atoms with Crippen LogP contribution in [0.15, 0.2) is 24.3 Å². The number of rotatable bonds is 5. The summed E-state index contributed by atoms with van der Waals surface area (Å²) >= 11 is 5.83. The van der Waals surface area contributed by atoms with Crippen molar-refractivity contribution in [3.63, 3.8) is 0 Å². The number of benzene rings is 1. The predicted molar refractivity (Wildman–Crippen MR) is 89.0 cm³/mol. The molecule has 0 radical (unpaired) electrons. The minimum absolute atomic E-state index is 0.00560. The van der Waals surface area contributed by atoms with Gasteiger partial charge >= 0.3 is 0 Å². The molecule has 23 heavy (non-hydrogen) atoms. The summed E-state index contributed by atoms with van der Waals surface area (Å²) in [5, 5.41) is 13.7. The van der Waals surface area contributed by atoms with E-state index in [0.29, 0.717) is 17.1 Å². The Labute approximate surface area is 141 Å². The normalized spacial score (nSPS) is 20.7. The van der Waals surface area contributed by atoms with Crippen molar-refractivity contribution in [2.45, 2.75) is 45.4 Å². The molecule has 0 saturated carbocycles. The smallest absolute Gasteiger partial charge is 0.225 e. The quantitative estimate of drug-likeness (QED) is 0.864. The van der Waals surface area contributed by atoms with Crippen LogP contribution in [0.1, 0.15) is 38.9 Å². The van der Waals surface area contributed by atoms with Crippen LogP contribution >= 0.6 is 11.6 Å². The number of aliphatic hydroxyl groups is 1. The molecule has 3 unspecified atom stereocenters. The number of carbonyl (C=O) groups excluding carboxylic acids is 2. The Morgan fingerprint density at radius 3 is 2.43 bits per heavy atom. The van der Waals surface area contributed by atoms with Crippen LogP contribution in [0.25, 0.3) is 0 Å².